The number of nitrogens with zero attached hydrogens (tertiary/aromatic N) is 1. The second-order valence-corrected chi connectivity index (χ2v) is 4.47. The Morgan fingerprint density at radius 2 is 2.35 bits per heavy atom. The molecule has 1 aromatic carbocycles. The highest BCUT2D eigenvalue weighted by molar-refractivity contribution is 7.22. The molecule has 1 amide bonds. The van der Waals surface area contributed by atoms with E-state index in [1.165, 1.54) is 23.5 Å². The molecular formula is C11H12FN3OS. The lowest BCUT2D eigenvalue weighted by molar-refractivity contribution is -0.119. The van der Waals surface area contributed by atoms with Gasteiger partial charge >= 0.3 is 0 Å². The number of benzene rings is 1. The van der Waals surface area contributed by atoms with Crippen LogP contribution in [0.15, 0.2) is 18.2 Å². The second-order valence-electron chi connectivity index (χ2n) is 3.44. The monoisotopic (exact) mass is 253 g/mol. The number of likely N-dealkylation sites (N-methyl/N-ethyl adjacent to an activating group) is 1. The molecule has 0 atom stereocenters. The molecule has 2 N–H and O–H groups in total. The lowest BCUT2D eigenvalue weighted by Gasteiger charge is -2.01. The van der Waals surface area contributed by atoms with Crippen LogP contribution in [0.2, 0.25) is 0 Å². The highest BCUT2D eigenvalue weighted by atomic mass is 32.1. The minimum Gasteiger partial charge on any atom is -0.355 e. The van der Waals surface area contributed by atoms with Crippen LogP contribution in [0.5, 0.6) is 0 Å². The van der Waals surface area contributed by atoms with Gasteiger partial charge in [-0.2, -0.15) is 0 Å². The molecule has 0 saturated heterocycles. The van der Waals surface area contributed by atoms with Crippen molar-refractivity contribution < 1.29 is 9.18 Å². The van der Waals surface area contributed by atoms with Crippen molar-refractivity contribution in [3.63, 3.8) is 0 Å². The summed E-state index contributed by atoms with van der Waals surface area (Å²) >= 11 is 1.40. The van der Waals surface area contributed by atoms with E-state index in [0.29, 0.717) is 17.2 Å². The molecule has 90 valence electrons. The Kier molecular flexibility index (Phi) is 3.53. The quantitative estimate of drug-likeness (QED) is 0.876. The Hall–Kier alpha value is -1.69. The molecule has 0 bridgehead atoms. The van der Waals surface area contributed by atoms with Crippen LogP contribution in [0.4, 0.5) is 9.52 Å². The second kappa shape index (κ2) is 5.09. The fourth-order valence-electron chi connectivity index (χ4n) is 1.39. The first kappa shape index (κ1) is 11.8. The molecule has 0 fully saturated rings. The lowest BCUT2D eigenvalue weighted by atomic mass is 10.3. The van der Waals surface area contributed by atoms with Crippen molar-refractivity contribution in [3.8, 4) is 0 Å². The fourth-order valence-corrected chi connectivity index (χ4v) is 2.23. The van der Waals surface area contributed by atoms with E-state index >= 15 is 0 Å². The number of hydrogen-bond donors (Lipinski definition) is 2. The minimum absolute atomic E-state index is 0.0852. The molecule has 0 spiro atoms. The molecule has 0 radical (unpaired) electrons. The van der Waals surface area contributed by atoms with E-state index in [2.05, 4.69) is 15.6 Å². The van der Waals surface area contributed by atoms with Gasteiger partial charge in [-0.25, -0.2) is 9.37 Å². The molecule has 2 aromatic rings. The zero-order chi connectivity index (χ0) is 12.3. The Labute approximate surface area is 102 Å². The van der Waals surface area contributed by atoms with Gasteiger partial charge in [-0.3, -0.25) is 4.79 Å². The van der Waals surface area contributed by atoms with Crippen molar-refractivity contribution >= 4 is 32.6 Å². The largest absolute Gasteiger partial charge is 0.355 e. The number of carbonyl (C=O) groups is 1. The molecule has 1 heterocycles. The van der Waals surface area contributed by atoms with Gasteiger partial charge in [-0.1, -0.05) is 11.3 Å². The maximum absolute atomic E-state index is 12.9. The average molecular weight is 253 g/mol. The van der Waals surface area contributed by atoms with Gasteiger partial charge in [0.1, 0.15) is 5.82 Å². The standard InChI is InChI=1S/C11H12FN3OS/c1-2-13-10(16)6-14-11-15-8-5-7(12)3-4-9(8)17-11/h3-5H,2,6H2,1H3,(H,13,16)(H,14,15). The number of amides is 1. The summed E-state index contributed by atoms with van der Waals surface area (Å²) in [6, 6.07) is 4.46. The zero-order valence-corrected chi connectivity index (χ0v) is 10.1. The van der Waals surface area contributed by atoms with Gasteiger partial charge in [-0.15, -0.1) is 0 Å². The molecule has 0 aliphatic carbocycles. The maximum Gasteiger partial charge on any atom is 0.239 e. The summed E-state index contributed by atoms with van der Waals surface area (Å²) in [6.07, 6.45) is 0. The number of anilines is 1. The maximum atomic E-state index is 12.9. The summed E-state index contributed by atoms with van der Waals surface area (Å²) in [5, 5.41) is 6.21. The van der Waals surface area contributed by atoms with Crippen LogP contribution < -0.4 is 10.6 Å². The number of rotatable bonds is 4. The summed E-state index contributed by atoms with van der Waals surface area (Å²) in [7, 11) is 0. The van der Waals surface area contributed by atoms with E-state index in [0.717, 1.165) is 4.70 Å². The molecule has 2 rings (SSSR count). The van der Waals surface area contributed by atoms with Crippen LogP contribution in [-0.4, -0.2) is 24.0 Å². The number of nitrogens with one attached hydrogen (secondary N) is 2. The molecule has 1 aromatic heterocycles. The number of hydrogen-bond acceptors (Lipinski definition) is 4. The third kappa shape index (κ3) is 2.91. The smallest absolute Gasteiger partial charge is 0.239 e. The Balaban J connectivity index is 2.07. The van der Waals surface area contributed by atoms with Crippen LogP contribution >= 0.6 is 11.3 Å². The number of fused-ring (bicyclic) bond motifs is 1. The number of carbonyl (C=O) groups excluding carboxylic acids is 1. The third-order valence-electron chi connectivity index (χ3n) is 2.12. The van der Waals surface area contributed by atoms with Crippen molar-refractivity contribution in [2.24, 2.45) is 0 Å². The van der Waals surface area contributed by atoms with E-state index < -0.39 is 0 Å². The van der Waals surface area contributed by atoms with Crippen molar-refractivity contribution in [1.29, 1.82) is 0 Å². The fraction of sp³-hybridized carbons (Fsp3) is 0.273. The van der Waals surface area contributed by atoms with Gasteiger partial charge in [0, 0.05) is 12.6 Å². The van der Waals surface area contributed by atoms with Gasteiger partial charge in [0.15, 0.2) is 5.13 Å². The van der Waals surface area contributed by atoms with Crippen molar-refractivity contribution in [2.45, 2.75) is 6.92 Å². The highest BCUT2D eigenvalue weighted by Crippen LogP contribution is 2.25. The van der Waals surface area contributed by atoms with E-state index in [1.54, 1.807) is 6.07 Å². The first-order valence-electron chi connectivity index (χ1n) is 5.25. The molecule has 17 heavy (non-hydrogen) atoms. The molecule has 4 nitrogen and oxygen atoms in total. The van der Waals surface area contributed by atoms with Crippen LogP contribution in [0.1, 0.15) is 6.92 Å². The van der Waals surface area contributed by atoms with Crippen molar-refractivity contribution in [1.82, 2.24) is 10.3 Å². The molecule has 0 unspecified atom stereocenters. The summed E-state index contributed by atoms with van der Waals surface area (Å²) in [5.41, 5.74) is 0.605. The number of thiazole rings is 1. The van der Waals surface area contributed by atoms with Crippen LogP contribution in [0, 0.1) is 5.82 Å². The normalized spacial score (nSPS) is 10.5. The first-order chi connectivity index (χ1) is 8.19. The Bertz CT molecular complexity index is 540. The molecular weight excluding hydrogens is 241 g/mol. The predicted octanol–water partition coefficient (Wildman–Crippen LogP) is 1.98. The number of aromatic nitrogens is 1. The summed E-state index contributed by atoms with van der Waals surface area (Å²) in [4.78, 5) is 15.4. The molecule has 0 aliphatic rings. The SMILES string of the molecule is CCNC(=O)CNc1nc2cc(F)ccc2s1. The lowest BCUT2D eigenvalue weighted by Crippen LogP contribution is -2.29. The van der Waals surface area contributed by atoms with Gasteiger partial charge in [0.25, 0.3) is 0 Å². The topological polar surface area (TPSA) is 54.0 Å². The van der Waals surface area contributed by atoms with Gasteiger partial charge in [0.2, 0.25) is 5.91 Å². The zero-order valence-electron chi connectivity index (χ0n) is 9.29. The first-order valence-corrected chi connectivity index (χ1v) is 6.07. The molecule has 0 saturated carbocycles. The van der Waals surface area contributed by atoms with Gasteiger partial charge in [0.05, 0.1) is 16.8 Å². The van der Waals surface area contributed by atoms with Crippen molar-refractivity contribution in [3.05, 3.63) is 24.0 Å². The third-order valence-corrected chi connectivity index (χ3v) is 3.12. The highest BCUT2D eigenvalue weighted by Gasteiger charge is 2.05. The van der Waals surface area contributed by atoms with Crippen LogP contribution in [0.3, 0.4) is 0 Å². The van der Waals surface area contributed by atoms with E-state index in [-0.39, 0.29) is 18.3 Å². The summed E-state index contributed by atoms with van der Waals surface area (Å²) < 4.78 is 13.8. The summed E-state index contributed by atoms with van der Waals surface area (Å²) in [6.45, 7) is 2.64. The van der Waals surface area contributed by atoms with Crippen LogP contribution in [-0.2, 0) is 4.79 Å². The van der Waals surface area contributed by atoms with E-state index in [1.807, 2.05) is 6.92 Å². The van der Waals surface area contributed by atoms with E-state index in [9.17, 15) is 9.18 Å². The molecule has 6 heteroatoms. The minimum atomic E-state index is -0.307. The van der Waals surface area contributed by atoms with Crippen LogP contribution in [0.25, 0.3) is 10.2 Å². The van der Waals surface area contributed by atoms with Gasteiger partial charge in [-0.05, 0) is 19.1 Å². The van der Waals surface area contributed by atoms with E-state index in [4.69, 9.17) is 0 Å². The number of halogens is 1. The Morgan fingerprint density at radius 3 is 3.12 bits per heavy atom. The Morgan fingerprint density at radius 1 is 1.53 bits per heavy atom. The predicted molar refractivity (Wildman–Crippen MR) is 66.8 cm³/mol. The average Bonchev–Trinajstić information content (AvgIpc) is 2.68. The van der Waals surface area contributed by atoms with Crippen molar-refractivity contribution in [2.75, 3.05) is 18.4 Å². The van der Waals surface area contributed by atoms with Gasteiger partial charge < -0.3 is 10.6 Å². The molecule has 0 aliphatic heterocycles. The summed E-state index contributed by atoms with van der Waals surface area (Å²) in [5.74, 6) is -0.393.